The number of hydrogen-bond donors (Lipinski definition) is 2. The largest absolute Gasteiger partial charge is 0.334 e. The first kappa shape index (κ1) is 22.1. The summed E-state index contributed by atoms with van der Waals surface area (Å²) in [6, 6.07) is 19.7. The predicted molar refractivity (Wildman–Crippen MR) is 126 cm³/mol. The SMILES string of the molecule is O=C(NO)c1ccc2c(c1)CN(C(=O)/C(=C\c1ccc(Cl)cc1)c1ccccc1Cl)CC2. The van der Waals surface area contributed by atoms with E-state index in [1.54, 1.807) is 40.7 Å². The van der Waals surface area contributed by atoms with E-state index in [1.807, 2.05) is 42.5 Å². The zero-order chi connectivity index (χ0) is 22.7. The third kappa shape index (κ3) is 4.70. The molecule has 3 aromatic rings. The van der Waals surface area contributed by atoms with E-state index in [4.69, 9.17) is 28.4 Å². The van der Waals surface area contributed by atoms with E-state index >= 15 is 0 Å². The summed E-state index contributed by atoms with van der Waals surface area (Å²) in [6.07, 6.45) is 2.48. The monoisotopic (exact) mass is 466 g/mol. The van der Waals surface area contributed by atoms with Crippen LogP contribution in [-0.2, 0) is 17.8 Å². The Morgan fingerprint density at radius 2 is 1.72 bits per heavy atom. The molecule has 7 heteroatoms. The number of nitrogens with zero attached hydrogens (tertiary/aromatic N) is 1. The molecule has 32 heavy (non-hydrogen) atoms. The summed E-state index contributed by atoms with van der Waals surface area (Å²) < 4.78 is 0. The molecule has 5 nitrogen and oxygen atoms in total. The van der Waals surface area contributed by atoms with Crippen LogP contribution in [-0.4, -0.2) is 28.5 Å². The molecular weight excluding hydrogens is 447 g/mol. The number of nitrogens with one attached hydrogen (secondary N) is 1. The maximum absolute atomic E-state index is 13.7. The van der Waals surface area contributed by atoms with Gasteiger partial charge in [-0.3, -0.25) is 14.8 Å². The minimum absolute atomic E-state index is 0.157. The van der Waals surface area contributed by atoms with E-state index in [0.717, 1.165) is 16.7 Å². The van der Waals surface area contributed by atoms with Crippen LogP contribution >= 0.6 is 23.2 Å². The van der Waals surface area contributed by atoms with Gasteiger partial charge in [0.1, 0.15) is 0 Å². The second-order valence-electron chi connectivity index (χ2n) is 7.49. The van der Waals surface area contributed by atoms with Gasteiger partial charge in [-0.25, -0.2) is 5.48 Å². The van der Waals surface area contributed by atoms with E-state index < -0.39 is 5.91 Å². The molecule has 0 saturated carbocycles. The molecule has 1 heterocycles. The molecule has 3 aromatic carbocycles. The lowest BCUT2D eigenvalue weighted by Gasteiger charge is -2.30. The van der Waals surface area contributed by atoms with Crippen LogP contribution in [0.25, 0.3) is 11.6 Å². The van der Waals surface area contributed by atoms with Crippen molar-refractivity contribution >= 4 is 46.7 Å². The zero-order valence-electron chi connectivity index (χ0n) is 17.0. The molecule has 0 spiro atoms. The number of hydroxylamine groups is 1. The fraction of sp³-hybridized carbons (Fsp3) is 0.120. The maximum Gasteiger partial charge on any atom is 0.274 e. The minimum atomic E-state index is -0.587. The van der Waals surface area contributed by atoms with Crippen molar-refractivity contribution < 1.29 is 14.8 Å². The Labute approximate surface area is 195 Å². The Hall–Kier alpha value is -3.12. The molecule has 1 aliphatic heterocycles. The third-order valence-corrected chi connectivity index (χ3v) is 6.03. The van der Waals surface area contributed by atoms with E-state index in [-0.39, 0.29) is 5.91 Å². The average molecular weight is 467 g/mol. The van der Waals surface area contributed by atoms with Crippen molar-refractivity contribution in [3.05, 3.63) is 105 Å². The molecule has 0 atom stereocenters. The van der Waals surface area contributed by atoms with E-state index in [9.17, 15) is 9.59 Å². The van der Waals surface area contributed by atoms with E-state index in [1.165, 1.54) is 0 Å². The number of carbonyl (C=O) groups excluding carboxylic acids is 2. The van der Waals surface area contributed by atoms with Crippen LogP contribution in [0.5, 0.6) is 0 Å². The summed E-state index contributed by atoms with van der Waals surface area (Å²) in [5.41, 5.74) is 5.88. The summed E-state index contributed by atoms with van der Waals surface area (Å²) in [5.74, 6) is -0.744. The molecule has 0 saturated heterocycles. The number of halogens is 2. The van der Waals surface area contributed by atoms with Crippen LogP contribution in [0.4, 0.5) is 0 Å². The number of rotatable bonds is 4. The fourth-order valence-corrected chi connectivity index (χ4v) is 4.13. The molecule has 0 bridgehead atoms. The molecule has 1 aliphatic rings. The minimum Gasteiger partial charge on any atom is -0.334 e. The van der Waals surface area contributed by atoms with Gasteiger partial charge in [-0.1, -0.05) is 59.6 Å². The van der Waals surface area contributed by atoms with Crippen LogP contribution in [0, 0.1) is 0 Å². The van der Waals surface area contributed by atoms with E-state index in [2.05, 4.69) is 0 Å². The molecule has 0 fully saturated rings. The molecule has 4 rings (SSSR count). The van der Waals surface area contributed by atoms with Gasteiger partial charge in [0, 0.05) is 39.8 Å². The Kier molecular flexibility index (Phi) is 6.61. The summed E-state index contributed by atoms with van der Waals surface area (Å²) >= 11 is 12.5. The van der Waals surface area contributed by atoms with Crippen molar-refractivity contribution in [3.63, 3.8) is 0 Å². The molecule has 2 amide bonds. The highest BCUT2D eigenvalue weighted by atomic mass is 35.5. The van der Waals surface area contributed by atoms with Crippen molar-refractivity contribution in [1.82, 2.24) is 10.4 Å². The van der Waals surface area contributed by atoms with E-state index in [0.29, 0.717) is 46.3 Å². The second kappa shape index (κ2) is 9.57. The van der Waals surface area contributed by atoms with Crippen LogP contribution in [0.15, 0.2) is 66.7 Å². The number of fused-ring (bicyclic) bond motifs is 1. The van der Waals surface area contributed by atoms with Gasteiger partial charge in [0.05, 0.1) is 0 Å². The highest BCUT2D eigenvalue weighted by Gasteiger charge is 2.26. The van der Waals surface area contributed by atoms with Gasteiger partial charge in [0.25, 0.3) is 11.8 Å². The molecule has 162 valence electrons. The average Bonchev–Trinajstić information content (AvgIpc) is 2.82. The first-order valence-electron chi connectivity index (χ1n) is 10.0. The molecule has 0 radical (unpaired) electrons. The van der Waals surface area contributed by atoms with Crippen LogP contribution in [0.1, 0.15) is 32.6 Å². The number of amides is 2. The summed E-state index contributed by atoms with van der Waals surface area (Å²) in [5, 5.41) is 10.0. The standard InChI is InChI=1S/C25H20Cl2N2O3/c26-20-9-5-16(6-10-20)13-22(21-3-1-2-4-23(21)27)25(31)29-12-11-17-7-8-18(24(30)28-32)14-19(17)15-29/h1-10,13-14,32H,11-12,15H2,(H,28,30)/b22-13-. The first-order valence-corrected chi connectivity index (χ1v) is 10.8. The molecule has 0 unspecified atom stereocenters. The van der Waals surface area contributed by atoms with Gasteiger partial charge in [-0.15, -0.1) is 0 Å². The maximum atomic E-state index is 13.7. The highest BCUT2D eigenvalue weighted by Crippen LogP contribution is 2.30. The fourth-order valence-electron chi connectivity index (χ4n) is 3.77. The molecule has 0 aliphatic carbocycles. The van der Waals surface area contributed by atoms with Gasteiger partial charge in [-0.2, -0.15) is 0 Å². The first-order chi connectivity index (χ1) is 15.5. The quantitative estimate of drug-likeness (QED) is 0.239. The Bertz CT molecular complexity index is 1210. The zero-order valence-corrected chi connectivity index (χ0v) is 18.5. The Balaban J connectivity index is 1.70. The van der Waals surface area contributed by atoms with Gasteiger partial charge in [0.2, 0.25) is 0 Å². The second-order valence-corrected chi connectivity index (χ2v) is 8.33. The molecule has 0 aromatic heterocycles. The summed E-state index contributed by atoms with van der Waals surface area (Å²) in [7, 11) is 0. The van der Waals surface area contributed by atoms with Crippen molar-refractivity contribution in [2.45, 2.75) is 13.0 Å². The normalized spacial score (nSPS) is 13.5. The van der Waals surface area contributed by atoms with Crippen LogP contribution in [0.2, 0.25) is 10.0 Å². The molecule has 2 N–H and O–H groups in total. The predicted octanol–water partition coefficient (Wildman–Crippen LogP) is 5.24. The Morgan fingerprint density at radius 1 is 0.969 bits per heavy atom. The third-order valence-electron chi connectivity index (χ3n) is 5.44. The Morgan fingerprint density at radius 3 is 2.44 bits per heavy atom. The number of carbonyl (C=O) groups is 2. The van der Waals surface area contributed by atoms with Crippen molar-refractivity contribution in [2.24, 2.45) is 0 Å². The lowest BCUT2D eigenvalue weighted by Crippen LogP contribution is -2.36. The van der Waals surface area contributed by atoms with Gasteiger partial charge < -0.3 is 4.90 Å². The number of benzene rings is 3. The number of hydrogen-bond acceptors (Lipinski definition) is 3. The van der Waals surface area contributed by atoms with Gasteiger partial charge in [-0.05, 0) is 59.5 Å². The summed E-state index contributed by atoms with van der Waals surface area (Å²) in [4.78, 5) is 27.2. The van der Waals surface area contributed by atoms with Gasteiger partial charge in [0.15, 0.2) is 0 Å². The van der Waals surface area contributed by atoms with Crippen LogP contribution < -0.4 is 5.48 Å². The van der Waals surface area contributed by atoms with Crippen molar-refractivity contribution in [3.8, 4) is 0 Å². The topological polar surface area (TPSA) is 69.6 Å². The highest BCUT2D eigenvalue weighted by molar-refractivity contribution is 6.36. The summed E-state index contributed by atoms with van der Waals surface area (Å²) in [6.45, 7) is 0.892. The lowest BCUT2D eigenvalue weighted by molar-refractivity contribution is -0.125. The lowest BCUT2D eigenvalue weighted by atomic mass is 9.95. The van der Waals surface area contributed by atoms with Crippen molar-refractivity contribution in [2.75, 3.05) is 6.54 Å². The van der Waals surface area contributed by atoms with Gasteiger partial charge >= 0.3 is 0 Å². The van der Waals surface area contributed by atoms with Crippen molar-refractivity contribution in [1.29, 1.82) is 0 Å². The molecular formula is C25H20Cl2N2O3. The van der Waals surface area contributed by atoms with Crippen LogP contribution in [0.3, 0.4) is 0 Å². The smallest absolute Gasteiger partial charge is 0.274 e.